The Morgan fingerprint density at radius 3 is 2.40 bits per heavy atom. The normalized spacial score (nSPS) is 16.6. The predicted molar refractivity (Wildman–Crippen MR) is 84.7 cm³/mol. The van der Waals surface area contributed by atoms with Crippen molar-refractivity contribution in [1.29, 1.82) is 0 Å². The van der Waals surface area contributed by atoms with Crippen LogP contribution >= 0.6 is 11.8 Å². The Morgan fingerprint density at radius 2 is 1.70 bits per heavy atom. The molecule has 2 aromatic rings. The highest BCUT2D eigenvalue weighted by atomic mass is 32.2. The Hall–Kier alpha value is -2.13. The third-order valence-corrected chi connectivity index (χ3v) is 4.05. The molecule has 0 bridgehead atoms. The zero-order valence-corrected chi connectivity index (χ0v) is 11.9. The molecule has 0 fully saturated rings. The number of rotatable bonds is 2. The van der Waals surface area contributed by atoms with E-state index in [-0.39, 0.29) is 5.91 Å². The number of carbonyl (C=O) groups is 1. The van der Waals surface area contributed by atoms with Crippen molar-refractivity contribution < 1.29 is 4.79 Å². The molecule has 2 aromatic carbocycles. The first kappa shape index (κ1) is 12.9. The van der Waals surface area contributed by atoms with Crippen LogP contribution in [0.5, 0.6) is 0 Å². The zero-order valence-electron chi connectivity index (χ0n) is 11.0. The molecule has 3 heteroatoms. The van der Waals surface area contributed by atoms with Gasteiger partial charge in [-0.2, -0.15) is 0 Å². The van der Waals surface area contributed by atoms with Crippen LogP contribution in [0.25, 0.3) is 6.08 Å². The highest BCUT2D eigenvalue weighted by Gasteiger charge is 2.22. The standard InChI is InChI=1S/C17H13NOS/c1-12-7-9-13(10-8-12)11-15-16(19)18-17(20-15)14-5-3-2-4-6-14/h2-11H,1H3. The molecule has 0 N–H and O–H groups in total. The van der Waals surface area contributed by atoms with E-state index in [9.17, 15) is 4.79 Å². The first-order chi connectivity index (χ1) is 9.72. The Bertz CT molecular complexity index is 700. The van der Waals surface area contributed by atoms with Crippen LogP contribution in [0.15, 0.2) is 64.5 Å². The summed E-state index contributed by atoms with van der Waals surface area (Å²) in [5.74, 6) is -0.158. The number of amides is 1. The monoisotopic (exact) mass is 279 g/mol. The largest absolute Gasteiger partial charge is 0.284 e. The summed E-state index contributed by atoms with van der Waals surface area (Å²) in [6.45, 7) is 2.04. The summed E-state index contributed by atoms with van der Waals surface area (Å²) in [5, 5.41) is 0.772. The molecule has 0 spiro atoms. The maximum atomic E-state index is 12.0. The summed E-state index contributed by atoms with van der Waals surface area (Å²) in [4.78, 5) is 16.8. The van der Waals surface area contributed by atoms with Crippen molar-refractivity contribution in [1.82, 2.24) is 0 Å². The van der Waals surface area contributed by atoms with Gasteiger partial charge < -0.3 is 0 Å². The maximum Gasteiger partial charge on any atom is 0.284 e. The molecule has 2 nitrogen and oxygen atoms in total. The van der Waals surface area contributed by atoms with Crippen LogP contribution in [0.2, 0.25) is 0 Å². The van der Waals surface area contributed by atoms with E-state index < -0.39 is 0 Å². The lowest BCUT2D eigenvalue weighted by Gasteiger charge is -1.99. The molecule has 0 aliphatic carbocycles. The first-order valence-electron chi connectivity index (χ1n) is 6.37. The number of hydrogen-bond donors (Lipinski definition) is 0. The van der Waals surface area contributed by atoms with E-state index in [1.165, 1.54) is 17.3 Å². The second kappa shape index (κ2) is 5.47. The van der Waals surface area contributed by atoms with Gasteiger partial charge in [0.1, 0.15) is 5.04 Å². The highest BCUT2D eigenvalue weighted by molar-refractivity contribution is 8.19. The molecule has 0 atom stereocenters. The van der Waals surface area contributed by atoms with Crippen LogP contribution in [0.3, 0.4) is 0 Å². The lowest BCUT2D eigenvalue weighted by Crippen LogP contribution is -1.89. The fraction of sp³-hybridized carbons (Fsp3) is 0.0588. The SMILES string of the molecule is Cc1ccc(C=C2SC(c3ccccc3)=NC2=O)cc1. The molecule has 20 heavy (non-hydrogen) atoms. The van der Waals surface area contributed by atoms with E-state index in [2.05, 4.69) is 4.99 Å². The summed E-state index contributed by atoms with van der Waals surface area (Å²) < 4.78 is 0. The van der Waals surface area contributed by atoms with Gasteiger partial charge in [0, 0.05) is 5.56 Å². The van der Waals surface area contributed by atoms with Crippen LogP contribution < -0.4 is 0 Å². The van der Waals surface area contributed by atoms with Gasteiger partial charge in [0.05, 0.1) is 4.91 Å². The molecule has 0 unspecified atom stereocenters. The van der Waals surface area contributed by atoms with Crippen LogP contribution in [-0.2, 0) is 4.79 Å². The van der Waals surface area contributed by atoms with Gasteiger partial charge in [0.25, 0.3) is 5.91 Å². The van der Waals surface area contributed by atoms with E-state index in [0.717, 1.165) is 16.2 Å². The van der Waals surface area contributed by atoms with Gasteiger partial charge in [0.2, 0.25) is 0 Å². The van der Waals surface area contributed by atoms with Gasteiger partial charge in [0.15, 0.2) is 0 Å². The minimum absolute atomic E-state index is 0.158. The quantitative estimate of drug-likeness (QED) is 0.776. The van der Waals surface area contributed by atoms with E-state index in [1.807, 2.05) is 67.6 Å². The number of benzene rings is 2. The van der Waals surface area contributed by atoms with E-state index in [1.54, 1.807) is 0 Å². The van der Waals surface area contributed by atoms with E-state index >= 15 is 0 Å². The van der Waals surface area contributed by atoms with Gasteiger partial charge in [-0.25, -0.2) is 4.99 Å². The topological polar surface area (TPSA) is 29.4 Å². The molecule has 1 amide bonds. The Labute approximate surface area is 122 Å². The van der Waals surface area contributed by atoms with Gasteiger partial charge in [-0.05, 0) is 18.6 Å². The lowest BCUT2D eigenvalue weighted by atomic mass is 10.1. The Kier molecular flexibility index (Phi) is 3.52. The van der Waals surface area contributed by atoms with Crippen LogP contribution in [0.1, 0.15) is 16.7 Å². The van der Waals surface area contributed by atoms with E-state index in [4.69, 9.17) is 0 Å². The summed E-state index contributed by atoms with van der Waals surface area (Å²) in [7, 11) is 0. The van der Waals surface area contributed by atoms with Crippen molar-refractivity contribution in [2.75, 3.05) is 0 Å². The van der Waals surface area contributed by atoms with Gasteiger partial charge in [-0.1, -0.05) is 71.9 Å². The summed E-state index contributed by atoms with van der Waals surface area (Å²) in [6, 6.07) is 17.9. The molecule has 1 heterocycles. The van der Waals surface area contributed by atoms with Crippen molar-refractivity contribution in [3.05, 3.63) is 76.2 Å². The number of aryl methyl sites for hydroxylation is 1. The summed E-state index contributed by atoms with van der Waals surface area (Å²) in [6.07, 6.45) is 1.89. The molecule has 3 rings (SSSR count). The number of nitrogens with zero attached hydrogens (tertiary/aromatic N) is 1. The van der Waals surface area contributed by atoms with E-state index in [0.29, 0.717) is 4.91 Å². The number of thioether (sulfide) groups is 1. The second-order valence-electron chi connectivity index (χ2n) is 4.61. The molecular weight excluding hydrogens is 266 g/mol. The smallest absolute Gasteiger partial charge is 0.266 e. The van der Waals surface area contributed by atoms with Crippen molar-refractivity contribution in [3.63, 3.8) is 0 Å². The fourth-order valence-electron chi connectivity index (χ4n) is 1.93. The molecule has 0 saturated heterocycles. The molecule has 1 aliphatic heterocycles. The summed E-state index contributed by atoms with van der Waals surface area (Å²) in [5.41, 5.74) is 3.22. The minimum Gasteiger partial charge on any atom is -0.266 e. The third kappa shape index (κ3) is 2.73. The molecule has 1 aliphatic rings. The van der Waals surface area contributed by atoms with Gasteiger partial charge in [-0.3, -0.25) is 4.79 Å². The molecular formula is C17H13NOS. The number of carbonyl (C=O) groups excluding carboxylic acids is 1. The number of hydrogen-bond acceptors (Lipinski definition) is 2. The van der Waals surface area contributed by atoms with Crippen LogP contribution in [-0.4, -0.2) is 11.0 Å². The number of aliphatic imine (C=N–C) groups is 1. The average molecular weight is 279 g/mol. The second-order valence-corrected chi connectivity index (χ2v) is 5.64. The first-order valence-corrected chi connectivity index (χ1v) is 7.19. The fourth-order valence-corrected chi connectivity index (χ4v) is 2.85. The van der Waals surface area contributed by atoms with Gasteiger partial charge >= 0.3 is 0 Å². The molecule has 0 saturated carbocycles. The molecule has 0 radical (unpaired) electrons. The summed E-state index contributed by atoms with van der Waals surface area (Å²) >= 11 is 1.43. The highest BCUT2D eigenvalue weighted by Crippen LogP contribution is 2.31. The Balaban J connectivity index is 1.85. The average Bonchev–Trinajstić information content (AvgIpc) is 2.84. The Morgan fingerprint density at radius 1 is 1.00 bits per heavy atom. The molecule has 0 aromatic heterocycles. The zero-order chi connectivity index (χ0) is 13.9. The van der Waals surface area contributed by atoms with Crippen molar-refractivity contribution in [3.8, 4) is 0 Å². The maximum absolute atomic E-state index is 12.0. The predicted octanol–water partition coefficient (Wildman–Crippen LogP) is 4.06. The van der Waals surface area contributed by atoms with Gasteiger partial charge in [-0.15, -0.1) is 0 Å². The third-order valence-electron chi connectivity index (χ3n) is 3.02. The van der Waals surface area contributed by atoms with Crippen LogP contribution in [0, 0.1) is 6.92 Å². The van der Waals surface area contributed by atoms with Crippen molar-refractivity contribution in [2.45, 2.75) is 6.92 Å². The molecule has 98 valence electrons. The van der Waals surface area contributed by atoms with Crippen molar-refractivity contribution >= 4 is 28.8 Å². The van der Waals surface area contributed by atoms with Crippen LogP contribution in [0.4, 0.5) is 0 Å². The lowest BCUT2D eigenvalue weighted by molar-refractivity contribution is -0.113. The van der Waals surface area contributed by atoms with Crippen molar-refractivity contribution in [2.24, 2.45) is 4.99 Å². The minimum atomic E-state index is -0.158.